The van der Waals surface area contributed by atoms with E-state index in [-0.39, 0.29) is 1.43 Å². The van der Waals surface area contributed by atoms with Crippen LogP contribution >= 0.6 is 0 Å². The molecule has 0 amide bonds. The van der Waals surface area contributed by atoms with Gasteiger partial charge in [0.2, 0.25) is 0 Å². The van der Waals surface area contributed by atoms with Crippen molar-refractivity contribution in [2.45, 2.75) is 45.2 Å². The molecule has 13 heavy (non-hydrogen) atoms. The molecule has 1 aliphatic heterocycles. The van der Waals surface area contributed by atoms with Gasteiger partial charge in [0, 0.05) is 13.5 Å². The first-order valence-corrected chi connectivity index (χ1v) is 5.57. The molecule has 2 heteroatoms. The summed E-state index contributed by atoms with van der Waals surface area (Å²) < 4.78 is 0. The molecule has 0 aromatic rings. The summed E-state index contributed by atoms with van der Waals surface area (Å²) in [4.78, 5) is 2.45. The minimum Gasteiger partial charge on any atom is -0.311 e. The zero-order valence-electron chi connectivity index (χ0n) is 9.14. The Morgan fingerprint density at radius 1 is 1.38 bits per heavy atom. The maximum atomic E-state index is 3.67. The smallest absolute Gasteiger partial charge is 0.0133 e. The van der Waals surface area contributed by atoms with Crippen molar-refractivity contribution in [3.05, 3.63) is 0 Å². The molecule has 0 aromatic carbocycles. The normalized spacial score (nSPS) is 32.8. The van der Waals surface area contributed by atoms with Crippen LogP contribution in [0, 0.1) is 5.41 Å². The molecule has 1 saturated heterocycles. The lowest BCUT2D eigenvalue weighted by Crippen LogP contribution is -2.36. The average molecular weight is 184 g/mol. The lowest BCUT2D eigenvalue weighted by Gasteiger charge is -2.30. The summed E-state index contributed by atoms with van der Waals surface area (Å²) in [5.74, 6) is 0. The first-order chi connectivity index (χ1) is 6.12. The van der Waals surface area contributed by atoms with Crippen LogP contribution in [0.25, 0.3) is 0 Å². The minimum absolute atomic E-state index is 0. The van der Waals surface area contributed by atoms with E-state index in [0.29, 0.717) is 11.5 Å². The Morgan fingerprint density at radius 2 is 2.00 bits per heavy atom. The summed E-state index contributed by atoms with van der Waals surface area (Å²) in [5.41, 5.74) is 0.705. The Kier molecular flexibility index (Phi) is 2.37. The van der Waals surface area contributed by atoms with E-state index in [0.717, 1.165) is 6.04 Å². The fourth-order valence-electron chi connectivity index (χ4n) is 2.60. The number of hydrogen-bond acceptors (Lipinski definition) is 2. The largest absolute Gasteiger partial charge is 0.311 e. The van der Waals surface area contributed by atoms with E-state index in [9.17, 15) is 0 Å². The van der Waals surface area contributed by atoms with Crippen molar-refractivity contribution in [3.8, 4) is 0 Å². The van der Waals surface area contributed by atoms with Crippen LogP contribution in [0.3, 0.4) is 0 Å². The van der Waals surface area contributed by atoms with Crippen molar-refractivity contribution in [3.63, 3.8) is 0 Å². The predicted molar refractivity (Wildman–Crippen MR) is 58.0 cm³/mol. The highest BCUT2D eigenvalue weighted by atomic mass is 15.1. The Hall–Kier alpha value is -0.0800. The first-order valence-electron chi connectivity index (χ1n) is 5.57. The van der Waals surface area contributed by atoms with E-state index in [1.54, 1.807) is 0 Å². The van der Waals surface area contributed by atoms with Gasteiger partial charge in [-0.15, -0.1) is 0 Å². The van der Waals surface area contributed by atoms with Crippen LogP contribution < -0.4 is 5.32 Å². The monoisotopic (exact) mass is 184 g/mol. The minimum atomic E-state index is 0. The molecule has 1 atom stereocenters. The van der Waals surface area contributed by atoms with Crippen LogP contribution in [0.5, 0.6) is 0 Å². The van der Waals surface area contributed by atoms with Crippen molar-refractivity contribution in [2.24, 2.45) is 5.41 Å². The van der Waals surface area contributed by atoms with Gasteiger partial charge in [0.25, 0.3) is 0 Å². The standard InChI is InChI=1S/C11H22N2.H2/c1-9(2)12-10-8-11(10)4-6-13(3)7-5-11;/h9-10,12H,4-8H2,1-3H3;1H. The number of nitrogens with one attached hydrogen (secondary N) is 1. The number of nitrogens with zero attached hydrogens (tertiary/aromatic N) is 1. The van der Waals surface area contributed by atoms with Crippen molar-refractivity contribution in [1.29, 1.82) is 0 Å². The molecule has 2 rings (SSSR count). The second-order valence-corrected chi connectivity index (χ2v) is 5.24. The third kappa shape index (κ3) is 1.89. The third-order valence-corrected chi connectivity index (χ3v) is 3.71. The van der Waals surface area contributed by atoms with Gasteiger partial charge in [0.1, 0.15) is 0 Å². The van der Waals surface area contributed by atoms with Crippen LogP contribution in [0.4, 0.5) is 0 Å². The summed E-state index contributed by atoms with van der Waals surface area (Å²) in [5, 5.41) is 3.67. The number of likely N-dealkylation sites (tertiary alicyclic amines) is 1. The fraction of sp³-hybridized carbons (Fsp3) is 1.00. The summed E-state index contributed by atoms with van der Waals surface area (Å²) in [6.45, 7) is 7.11. The van der Waals surface area contributed by atoms with Gasteiger partial charge >= 0.3 is 0 Å². The van der Waals surface area contributed by atoms with Gasteiger partial charge in [0.15, 0.2) is 0 Å². The molecule has 1 N–H and O–H groups in total. The maximum absolute atomic E-state index is 3.67. The van der Waals surface area contributed by atoms with E-state index in [1.807, 2.05) is 0 Å². The van der Waals surface area contributed by atoms with Crippen LogP contribution in [0.2, 0.25) is 0 Å². The average Bonchev–Trinajstić information content (AvgIpc) is 2.70. The second kappa shape index (κ2) is 3.25. The van der Waals surface area contributed by atoms with Gasteiger partial charge in [0.05, 0.1) is 0 Å². The molecule has 2 aliphatic rings. The SMILES string of the molecule is CC(C)NC1CC12CCN(C)CC2.[HH]. The molecular formula is C11H24N2. The van der Waals surface area contributed by atoms with E-state index < -0.39 is 0 Å². The molecule has 1 spiro atoms. The predicted octanol–water partition coefficient (Wildman–Crippen LogP) is 1.71. The number of piperidine rings is 1. The van der Waals surface area contributed by atoms with Crippen LogP contribution in [-0.2, 0) is 0 Å². The summed E-state index contributed by atoms with van der Waals surface area (Å²) in [6, 6.07) is 1.49. The van der Waals surface area contributed by atoms with Crippen LogP contribution in [0.1, 0.15) is 34.5 Å². The Labute approximate surface area is 83.2 Å². The van der Waals surface area contributed by atoms with E-state index in [1.165, 1.54) is 32.4 Å². The van der Waals surface area contributed by atoms with Gasteiger partial charge in [-0.3, -0.25) is 0 Å². The zero-order valence-corrected chi connectivity index (χ0v) is 9.14. The molecule has 1 unspecified atom stereocenters. The van der Waals surface area contributed by atoms with Crippen molar-refractivity contribution in [1.82, 2.24) is 10.2 Å². The Morgan fingerprint density at radius 3 is 2.54 bits per heavy atom. The molecule has 2 nitrogen and oxygen atoms in total. The highest BCUT2D eigenvalue weighted by molar-refractivity contribution is 5.09. The van der Waals surface area contributed by atoms with Gasteiger partial charge in [-0.2, -0.15) is 0 Å². The third-order valence-electron chi connectivity index (χ3n) is 3.71. The van der Waals surface area contributed by atoms with Gasteiger partial charge in [-0.1, -0.05) is 13.8 Å². The quantitative estimate of drug-likeness (QED) is 0.703. The molecule has 1 aliphatic carbocycles. The zero-order chi connectivity index (χ0) is 9.47. The summed E-state index contributed by atoms with van der Waals surface area (Å²) in [6.07, 6.45) is 4.25. The van der Waals surface area contributed by atoms with Gasteiger partial charge < -0.3 is 10.2 Å². The van der Waals surface area contributed by atoms with E-state index in [2.05, 4.69) is 31.1 Å². The summed E-state index contributed by atoms with van der Waals surface area (Å²) in [7, 11) is 2.24. The Balaban J connectivity index is 0.000000980. The molecule has 0 bridgehead atoms. The topological polar surface area (TPSA) is 15.3 Å². The molecule has 1 saturated carbocycles. The van der Waals surface area contributed by atoms with E-state index >= 15 is 0 Å². The number of hydrogen-bond donors (Lipinski definition) is 1. The molecule has 0 radical (unpaired) electrons. The first kappa shape index (κ1) is 9.47. The van der Waals surface area contributed by atoms with Crippen LogP contribution in [-0.4, -0.2) is 37.1 Å². The van der Waals surface area contributed by atoms with Crippen LogP contribution in [0.15, 0.2) is 0 Å². The lowest BCUT2D eigenvalue weighted by atomic mass is 9.93. The Bertz CT molecular complexity index is 186. The molecular weight excluding hydrogens is 160 g/mol. The molecule has 78 valence electrons. The summed E-state index contributed by atoms with van der Waals surface area (Å²) >= 11 is 0. The van der Waals surface area contributed by atoms with Crippen molar-refractivity contribution in [2.75, 3.05) is 20.1 Å². The van der Waals surface area contributed by atoms with Gasteiger partial charge in [-0.05, 0) is 44.8 Å². The highest BCUT2D eigenvalue weighted by Crippen LogP contribution is 2.53. The molecule has 1 heterocycles. The number of rotatable bonds is 2. The lowest BCUT2D eigenvalue weighted by molar-refractivity contribution is 0.195. The maximum Gasteiger partial charge on any atom is 0.0133 e. The molecule has 2 fully saturated rings. The van der Waals surface area contributed by atoms with Crippen molar-refractivity contribution >= 4 is 0 Å². The second-order valence-electron chi connectivity index (χ2n) is 5.24. The highest BCUT2D eigenvalue weighted by Gasteiger charge is 2.54. The van der Waals surface area contributed by atoms with Crippen molar-refractivity contribution < 1.29 is 1.43 Å². The van der Waals surface area contributed by atoms with E-state index in [4.69, 9.17) is 0 Å². The fourth-order valence-corrected chi connectivity index (χ4v) is 2.60. The van der Waals surface area contributed by atoms with Gasteiger partial charge in [-0.25, -0.2) is 0 Å². The molecule has 0 aromatic heterocycles.